The van der Waals surface area contributed by atoms with Gasteiger partial charge in [-0.3, -0.25) is 14.4 Å². The quantitative estimate of drug-likeness (QED) is 0.302. The lowest BCUT2D eigenvalue weighted by atomic mass is 9.97. The van der Waals surface area contributed by atoms with Crippen LogP contribution in [0.15, 0.2) is 77.8 Å². The summed E-state index contributed by atoms with van der Waals surface area (Å²) in [4.78, 5) is 43.1. The van der Waals surface area contributed by atoms with Crippen molar-refractivity contribution in [3.63, 3.8) is 0 Å². The van der Waals surface area contributed by atoms with Gasteiger partial charge in [0.15, 0.2) is 17.5 Å². The van der Waals surface area contributed by atoms with E-state index in [4.69, 9.17) is 5.73 Å². The molecule has 2 atom stereocenters. The zero-order chi connectivity index (χ0) is 31.0. The Hall–Kier alpha value is -4.68. The summed E-state index contributed by atoms with van der Waals surface area (Å²) in [5, 5.41) is 2.42. The molecule has 222 valence electrons. The number of aliphatic imine (C=N–C) groups is 1. The first kappa shape index (κ1) is 31.8. The summed E-state index contributed by atoms with van der Waals surface area (Å²) in [7, 11) is 1.52. The van der Waals surface area contributed by atoms with Gasteiger partial charge in [0, 0.05) is 36.9 Å². The number of rotatable bonds is 7. The molecule has 7 nitrogen and oxygen atoms in total. The summed E-state index contributed by atoms with van der Waals surface area (Å²) in [6.07, 6.45) is -8.37. The normalized spacial score (nSPS) is 15.4. The van der Waals surface area contributed by atoms with Crippen LogP contribution < -0.4 is 16.0 Å². The number of alkyl halides is 3. The number of anilines is 1. The van der Waals surface area contributed by atoms with Crippen molar-refractivity contribution in [1.82, 2.24) is 5.32 Å². The first-order chi connectivity index (χ1) is 19.8. The van der Waals surface area contributed by atoms with Crippen LogP contribution in [0.4, 0.5) is 32.0 Å². The molecule has 2 unspecified atom stereocenters. The van der Waals surface area contributed by atoms with Crippen LogP contribution in [0, 0.1) is 23.4 Å². The van der Waals surface area contributed by atoms with E-state index in [0.29, 0.717) is 22.5 Å². The second-order valence-electron chi connectivity index (χ2n) is 9.23. The van der Waals surface area contributed by atoms with E-state index < -0.39 is 72.7 Å². The predicted octanol–water partition coefficient (Wildman–Crippen LogP) is 4.88. The molecule has 13 heteroatoms. The van der Waals surface area contributed by atoms with Crippen molar-refractivity contribution in [2.75, 3.05) is 11.9 Å². The standard InChI is InChI=1S/C23H23F3N4O3.C6H3F3/c1-30-17-10-6-5-9-16(17)19(14-7-3-2-4-8-14)28-20(22(30)33)29-21(32)15(13-18(27)31)11-12-23(24,25)26;7-4-2-1-3-5(8)6(4)9/h2-10,15,20H,11-13H2,1H3,(H2,27,31)(H,29,32);1-3H. The van der Waals surface area contributed by atoms with Gasteiger partial charge in [0.1, 0.15) is 0 Å². The molecule has 1 heterocycles. The third-order valence-electron chi connectivity index (χ3n) is 6.17. The summed E-state index contributed by atoms with van der Waals surface area (Å²) in [6, 6.07) is 18.9. The lowest BCUT2D eigenvalue weighted by Gasteiger charge is -2.23. The Kier molecular flexibility index (Phi) is 10.5. The fraction of sp³-hybridized carbons (Fsp3) is 0.241. The number of nitrogens with one attached hydrogen (secondary N) is 1. The maximum atomic E-state index is 13.1. The van der Waals surface area contributed by atoms with Gasteiger partial charge in [-0.05, 0) is 24.6 Å². The number of nitrogens with two attached hydrogens (primary N) is 1. The molecule has 3 aromatic rings. The lowest BCUT2D eigenvalue weighted by Crippen LogP contribution is -2.48. The number of nitrogens with zero attached hydrogens (tertiary/aromatic N) is 2. The summed E-state index contributed by atoms with van der Waals surface area (Å²) in [6.45, 7) is 0. The summed E-state index contributed by atoms with van der Waals surface area (Å²) in [5.74, 6) is -7.46. The van der Waals surface area contributed by atoms with Gasteiger partial charge in [-0.1, -0.05) is 54.6 Å². The second kappa shape index (κ2) is 13.8. The van der Waals surface area contributed by atoms with Gasteiger partial charge < -0.3 is 16.0 Å². The molecular formula is C29H26F6N4O3. The fourth-order valence-electron chi connectivity index (χ4n) is 4.08. The minimum atomic E-state index is -4.51. The highest BCUT2D eigenvalue weighted by molar-refractivity contribution is 6.20. The SMILES string of the molecule is CN1C(=O)C(NC(=O)C(CCC(F)(F)F)CC(N)=O)N=C(c2ccccc2)c2ccccc21.Fc1cccc(F)c1F. The molecule has 0 saturated heterocycles. The Bertz CT molecular complexity index is 1440. The van der Waals surface area contributed by atoms with Crippen molar-refractivity contribution in [2.24, 2.45) is 16.6 Å². The van der Waals surface area contributed by atoms with Crippen LogP contribution >= 0.6 is 0 Å². The van der Waals surface area contributed by atoms with Gasteiger partial charge in [0.25, 0.3) is 5.91 Å². The number of carbonyl (C=O) groups excluding carboxylic acids is 3. The van der Waals surface area contributed by atoms with Crippen molar-refractivity contribution in [3.8, 4) is 0 Å². The summed E-state index contributed by atoms with van der Waals surface area (Å²) >= 11 is 0. The number of benzodiazepines with no additional fused rings is 1. The number of benzene rings is 3. The predicted molar refractivity (Wildman–Crippen MR) is 143 cm³/mol. The van der Waals surface area contributed by atoms with Gasteiger partial charge in [-0.25, -0.2) is 18.2 Å². The van der Waals surface area contributed by atoms with Crippen LogP contribution in [0.25, 0.3) is 0 Å². The van der Waals surface area contributed by atoms with Gasteiger partial charge in [-0.15, -0.1) is 0 Å². The van der Waals surface area contributed by atoms with E-state index in [1.54, 1.807) is 48.5 Å². The second-order valence-corrected chi connectivity index (χ2v) is 9.23. The van der Waals surface area contributed by atoms with Crippen LogP contribution in [0.2, 0.25) is 0 Å². The number of fused-ring (bicyclic) bond motifs is 1. The number of hydrogen-bond acceptors (Lipinski definition) is 4. The Balaban J connectivity index is 0.000000458. The molecule has 0 fully saturated rings. The van der Waals surface area contributed by atoms with Gasteiger partial charge >= 0.3 is 6.18 Å². The van der Waals surface area contributed by atoms with Crippen LogP contribution in [-0.4, -0.2) is 42.8 Å². The third kappa shape index (κ3) is 8.41. The van der Waals surface area contributed by atoms with Crippen molar-refractivity contribution in [1.29, 1.82) is 0 Å². The molecule has 0 aromatic heterocycles. The molecule has 0 spiro atoms. The Morgan fingerprint density at radius 1 is 0.952 bits per heavy atom. The minimum absolute atomic E-state index is 0.441. The van der Waals surface area contributed by atoms with E-state index in [1.165, 1.54) is 11.9 Å². The lowest BCUT2D eigenvalue weighted by molar-refractivity contribution is -0.143. The van der Waals surface area contributed by atoms with Gasteiger partial charge in [-0.2, -0.15) is 13.2 Å². The Labute approximate surface area is 237 Å². The minimum Gasteiger partial charge on any atom is -0.370 e. The molecule has 0 saturated carbocycles. The van der Waals surface area contributed by atoms with Crippen molar-refractivity contribution in [2.45, 2.75) is 31.6 Å². The molecule has 1 aliphatic heterocycles. The smallest absolute Gasteiger partial charge is 0.370 e. The van der Waals surface area contributed by atoms with Crippen LogP contribution in [0.5, 0.6) is 0 Å². The van der Waals surface area contributed by atoms with E-state index in [1.807, 2.05) is 6.07 Å². The zero-order valence-electron chi connectivity index (χ0n) is 22.2. The summed E-state index contributed by atoms with van der Waals surface area (Å²) in [5.41, 5.74) is 7.48. The van der Waals surface area contributed by atoms with Crippen molar-refractivity contribution >= 4 is 29.1 Å². The number of amides is 3. The first-order valence-electron chi connectivity index (χ1n) is 12.5. The third-order valence-corrected chi connectivity index (χ3v) is 6.17. The van der Waals surface area contributed by atoms with Crippen LogP contribution in [0.3, 0.4) is 0 Å². The molecule has 1 aliphatic rings. The van der Waals surface area contributed by atoms with E-state index in [2.05, 4.69) is 10.3 Å². The molecule has 3 N–H and O–H groups in total. The Morgan fingerprint density at radius 3 is 2.12 bits per heavy atom. The largest absolute Gasteiger partial charge is 0.389 e. The van der Waals surface area contributed by atoms with Crippen molar-refractivity contribution < 1.29 is 40.7 Å². The molecule has 4 rings (SSSR count). The zero-order valence-corrected chi connectivity index (χ0v) is 22.2. The molecular weight excluding hydrogens is 566 g/mol. The number of likely N-dealkylation sites (N-methyl/N-ethyl adjacent to an activating group) is 1. The van der Waals surface area contributed by atoms with E-state index >= 15 is 0 Å². The van der Waals surface area contributed by atoms with E-state index in [0.717, 1.165) is 18.2 Å². The average molecular weight is 593 g/mol. The van der Waals surface area contributed by atoms with E-state index in [-0.39, 0.29) is 0 Å². The highest BCUT2D eigenvalue weighted by Gasteiger charge is 2.35. The summed E-state index contributed by atoms with van der Waals surface area (Å²) < 4.78 is 74.0. The topological polar surface area (TPSA) is 105 Å². The molecule has 0 radical (unpaired) electrons. The molecule has 0 bridgehead atoms. The number of primary amides is 1. The monoisotopic (exact) mass is 592 g/mol. The number of halogens is 6. The van der Waals surface area contributed by atoms with Gasteiger partial charge in [0.2, 0.25) is 18.0 Å². The number of carbonyl (C=O) groups is 3. The highest BCUT2D eigenvalue weighted by atomic mass is 19.4. The van der Waals surface area contributed by atoms with Crippen molar-refractivity contribution in [3.05, 3.63) is 101 Å². The van der Waals surface area contributed by atoms with Crippen LogP contribution in [-0.2, 0) is 14.4 Å². The molecule has 0 aliphatic carbocycles. The van der Waals surface area contributed by atoms with Gasteiger partial charge in [0.05, 0.1) is 11.4 Å². The van der Waals surface area contributed by atoms with Crippen LogP contribution in [0.1, 0.15) is 30.4 Å². The average Bonchev–Trinajstić information content (AvgIpc) is 3.04. The Morgan fingerprint density at radius 2 is 1.55 bits per heavy atom. The number of para-hydroxylation sites is 1. The maximum Gasteiger partial charge on any atom is 0.389 e. The molecule has 3 aromatic carbocycles. The first-order valence-corrected chi connectivity index (χ1v) is 12.5. The van der Waals surface area contributed by atoms with E-state index in [9.17, 15) is 40.7 Å². The highest BCUT2D eigenvalue weighted by Crippen LogP contribution is 2.28. The fourth-order valence-corrected chi connectivity index (χ4v) is 4.08. The molecule has 42 heavy (non-hydrogen) atoms. The number of hydrogen-bond donors (Lipinski definition) is 2. The molecule has 3 amide bonds. The maximum absolute atomic E-state index is 13.1.